The lowest BCUT2D eigenvalue weighted by Crippen LogP contribution is -2.02. The zero-order valence-electron chi connectivity index (χ0n) is 11.5. The molecule has 0 radical (unpaired) electrons. The van der Waals surface area contributed by atoms with Gasteiger partial charge in [0.05, 0.1) is 0 Å². The first-order valence-electron chi connectivity index (χ1n) is 7.57. The highest BCUT2D eigenvalue weighted by Gasteiger charge is 2.07. The first-order chi connectivity index (χ1) is 8.34. The SMILES string of the molecule is CCC1=CCCCCCCCCCCCC1=O. The normalized spacial score (nSPS) is 21.7. The van der Waals surface area contributed by atoms with E-state index in [2.05, 4.69) is 13.0 Å². The Morgan fingerprint density at radius 2 is 1.41 bits per heavy atom. The maximum atomic E-state index is 11.9. The van der Waals surface area contributed by atoms with Gasteiger partial charge in [0.2, 0.25) is 0 Å². The van der Waals surface area contributed by atoms with E-state index in [0.29, 0.717) is 5.78 Å². The van der Waals surface area contributed by atoms with Crippen molar-refractivity contribution in [1.82, 2.24) is 0 Å². The lowest BCUT2D eigenvalue weighted by atomic mass is 9.98. The highest BCUT2D eigenvalue weighted by Crippen LogP contribution is 2.16. The van der Waals surface area contributed by atoms with E-state index in [-0.39, 0.29) is 0 Å². The predicted molar refractivity (Wildman–Crippen MR) is 74.2 cm³/mol. The van der Waals surface area contributed by atoms with E-state index in [1.807, 2.05) is 0 Å². The number of ketones is 1. The fourth-order valence-corrected chi connectivity index (χ4v) is 2.56. The molecule has 0 saturated carbocycles. The Hall–Kier alpha value is -0.590. The second-order valence-electron chi connectivity index (χ2n) is 5.23. The Labute approximate surface area is 107 Å². The van der Waals surface area contributed by atoms with Gasteiger partial charge in [0, 0.05) is 6.42 Å². The molecule has 98 valence electrons. The molecule has 0 aliphatic heterocycles. The van der Waals surface area contributed by atoms with Crippen molar-refractivity contribution in [3.63, 3.8) is 0 Å². The zero-order valence-corrected chi connectivity index (χ0v) is 11.5. The van der Waals surface area contributed by atoms with Crippen molar-refractivity contribution in [3.8, 4) is 0 Å². The summed E-state index contributed by atoms with van der Waals surface area (Å²) in [5, 5.41) is 0. The molecule has 0 heterocycles. The van der Waals surface area contributed by atoms with E-state index in [9.17, 15) is 4.79 Å². The number of rotatable bonds is 1. The summed E-state index contributed by atoms with van der Waals surface area (Å²) in [5.41, 5.74) is 1.09. The summed E-state index contributed by atoms with van der Waals surface area (Å²) in [6, 6.07) is 0. The molecule has 0 aromatic rings. The van der Waals surface area contributed by atoms with Crippen LogP contribution in [0, 0.1) is 0 Å². The van der Waals surface area contributed by atoms with E-state index < -0.39 is 0 Å². The standard InChI is InChI=1S/C16H28O/c1-2-15-13-11-9-7-5-3-4-6-8-10-12-14-16(15)17/h13H,2-12,14H2,1H3. The Balaban J connectivity index is 2.43. The second-order valence-corrected chi connectivity index (χ2v) is 5.23. The largest absolute Gasteiger partial charge is 0.295 e. The van der Waals surface area contributed by atoms with Crippen molar-refractivity contribution in [2.24, 2.45) is 0 Å². The molecular weight excluding hydrogens is 208 g/mol. The maximum absolute atomic E-state index is 11.9. The van der Waals surface area contributed by atoms with Crippen molar-refractivity contribution in [3.05, 3.63) is 11.6 Å². The van der Waals surface area contributed by atoms with Crippen molar-refractivity contribution in [2.75, 3.05) is 0 Å². The number of hydrogen-bond acceptors (Lipinski definition) is 1. The quantitative estimate of drug-likeness (QED) is 0.612. The smallest absolute Gasteiger partial charge is 0.158 e. The van der Waals surface area contributed by atoms with Crippen molar-refractivity contribution in [1.29, 1.82) is 0 Å². The third-order valence-electron chi connectivity index (χ3n) is 3.74. The van der Waals surface area contributed by atoms with Gasteiger partial charge >= 0.3 is 0 Å². The van der Waals surface area contributed by atoms with Crippen LogP contribution in [0.3, 0.4) is 0 Å². The Bertz CT molecular complexity index is 240. The molecule has 1 aliphatic rings. The van der Waals surface area contributed by atoms with E-state index >= 15 is 0 Å². The molecule has 1 aliphatic carbocycles. The molecular formula is C16H28O. The number of Topliss-reactive ketones (excluding diaryl/α,β-unsaturated/α-hetero) is 1. The number of hydrogen-bond donors (Lipinski definition) is 0. The van der Waals surface area contributed by atoms with Crippen LogP contribution in [0.15, 0.2) is 11.6 Å². The minimum Gasteiger partial charge on any atom is -0.295 e. The first kappa shape index (κ1) is 14.5. The first-order valence-corrected chi connectivity index (χ1v) is 7.57. The molecule has 0 atom stereocenters. The molecule has 0 fully saturated rings. The highest BCUT2D eigenvalue weighted by molar-refractivity contribution is 5.95. The fraction of sp³-hybridized carbons (Fsp3) is 0.812. The zero-order chi connectivity index (χ0) is 12.3. The van der Waals surface area contributed by atoms with E-state index in [1.165, 1.54) is 51.4 Å². The van der Waals surface area contributed by atoms with Gasteiger partial charge in [-0.2, -0.15) is 0 Å². The minimum absolute atomic E-state index is 0.407. The van der Waals surface area contributed by atoms with Gasteiger partial charge in [0.15, 0.2) is 5.78 Å². The summed E-state index contributed by atoms with van der Waals surface area (Å²) in [6.07, 6.45) is 16.8. The molecule has 0 N–H and O–H groups in total. The van der Waals surface area contributed by atoms with Crippen LogP contribution >= 0.6 is 0 Å². The van der Waals surface area contributed by atoms with Gasteiger partial charge in [0.25, 0.3) is 0 Å². The predicted octanol–water partition coefficient (Wildman–Crippen LogP) is 5.20. The van der Waals surface area contributed by atoms with E-state index in [1.54, 1.807) is 0 Å². The number of carbonyl (C=O) groups is 1. The topological polar surface area (TPSA) is 17.1 Å². The van der Waals surface area contributed by atoms with Gasteiger partial charge in [-0.25, -0.2) is 0 Å². The number of allylic oxidation sites excluding steroid dienone is 2. The van der Waals surface area contributed by atoms with Crippen LogP contribution in [0.2, 0.25) is 0 Å². The van der Waals surface area contributed by atoms with Gasteiger partial charge in [-0.05, 0) is 31.3 Å². The third kappa shape index (κ3) is 6.65. The lowest BCUT2D eigenvalue weighted by molar-refractivity contribution is -0.115. The summed E-state index contributed by atoms with van der Waals surface area (Å²) in [7, 11) is 0. The van der Waals surface area contributed by atoms with Crippen molar-refractivity contribution < 1.29 is 4.79 Å². The average molecular weight is 236 g/mol. The van der Waals surface area contributed by atoms with E-state index in [4.69, 9.17) is 0 Å². The second kappa shape index (κ2) is 9.44. The fourth-order valence-electron chi connectivity index (χ4n) is 2.56. The van der Waals surface area contributed by atoms with Gasteiger partial charge in [-0.3, -0.25) is 4.79 Å². The van der Waals surface area contributed by atoms with Crippen LogP contribution < -0.4 is 0 Å². The maximum Gasteiger partial charge on any atom is 0.158 e. The Morgan fingerprint density at radius 1 is 0.882 bits per heavy atom. The minimum atomic E-state index is 0.407. The van der Waals surface area contributed by atoms with Crippen LogP contribution in [-0.2, 0) is 4.79 Å². The molecule has 1 heteroatoms. The molecule has 0 aromatic heterocycles. The summed E-state index contributed by atoms with van der Waals surface area (Å²) >= 11 is 0. The molecule has 0 saturated heterocycles. The van der Waals surface area contributed by atoms with Gasteiger partial charge in [0.1, 0.15) is 0 Å². The third-order valence-corrected chi connectivity index (χ3v) is 3.74. The highest BCUT2D eigenvalue weighted by atomic mass is 16.1. The summed E-state index contributed by atoms with van der Waals surface area (Å²) in [5.74, 6) is 0.407. The van der Waals surface area contributed by atoms with Gasteiger partial charge in [-0.1, -0.05) is 57.9 Å². The molecule has 0 spiro atoms. The molecule has 0 bridgehead atoms. The lowest BCUT2D eigenvalue weighted by Gasteiger charge is -2.07. The molecule has 1 nitrogen and oxygen atoms in total. The van der Waals surface area contributed by atoms with Gasteiger partial charge < -0.3 is 0 Å². The molecule has 1 rings (SSSR count). The summed E-state index contributed by atoms with van der Waals surface area (Å²) in [6.45, 7) is 2.10. The van der Waals surface area contributed by atoms with Crippen molar-refractivity contribution in [2.45, 2.75) is 84.0 Å². The Morgan fingerprint density at radius 3 is 2.00 bits per heavy atom. The monoisotopic (exact) mass is 236 g/mol. The van der Waals surface area contributed by atoms with Crippen molar-refractivity contribution >= 4 is 5.78 Å². The van der Waals surface area contributed by atoms with Crippen LogP contribution in [0.25, 0.3) is 0 Å². The average Bonchev–Trinajstić information content (AvgIpc) is 2.34. The van der Waals surface area contributed by atoms with Crippen LogP contribution in [0.1, 0.15) is 84.0 Å². The summed E-state index contributed by atoms with van der Waals surface area (Å²) < 4.78 is 0. The molecule has 17 heavy (non-hydrogen) atoms. The van der Waals surface area contributed by atoms with Gasteiger partial charge in [-0.15, -0.1) is 0 Å². The molecule has 0 amide bonds. The molecule has 0 aromatic carbocycles. The van der Waals surface area contributed by atoms with Crippen LogP contribution in [0.4, 0.5) is 0 Å². The van der Waals surface area contributed by atoms with Crippen LogP contribution in [-0.4, -0.2) is 5.78 Å². The Kier molecular flexibility index (Phi) is 8.04. The van der Waals surface area contributed by atoms with Crippen LogP contribution in [0.5, 0.6) is 0 Å². The number of carbonyl (C=O) groups excluding carboxylic acids is 1. The van der Waals surface area contributed by atoms with E-state index in [0.717, 1.165) is 31.3 Å². The summed E-state index contributed by atoms with van der Waals surface area (Å²) in [4.78, 5) is 11.9. The molecule has 0 unspecified atom stereocenters.